The Kier molecular flexibility index (Phi) is 5.69. The molecule has 1 aromatic carbocycles. The van der Waals surface area contributed by atoms with Crippen molar-refractivity contribution in [3.63, 3.8) is 0 Å². The molecule has 0 aliphatic rings. The van der Waals surface area contributed by atoms with Crippen LogP contribution in [0, 0.1) is 17.6 Å². The molecule has 0 spiro atoms. The molecule has 2 atom stereocenters. The van der Waals surface area contributed by atoms with Gasteiger partial charge in [-0.25, -0.2) is 13.6 Å². The Morgan fingerprint density at radius 1 is 1.32 bits per heavy atom. The predicted molar refractivity (Wildman–Crippen MR) is 68.8 cm³/mol. The lowest BCUT2D eigenvalue weighted by molar-refractivity contribution is 0.115. The first-order chi connectivity index (χ1) is 8.92. The Morgan fingerprint density at radius 2 is 1.89 bits per heavy atom. The van der Waals surface area contributed by atoms with Crippen molar-refractivity contribution >= 4 is 11.7 Å². The van der Waals surface area contributed by atoms with Gasteiger partial charge in [-0.2, -0.15) is 0 Å². The molecule has 0 aliphatic heterocycles. The minimum Gasteiger partial charge on any atom is -0.391 e. The van der Waals surface area contributed by atoms with Crippen LogP contribution < -0.4 is 10.6 Å². The Bertz CT molecular complexity index is 420. The number of urea groups is 1. The average molecular weight is 272 g/mol. The number of rotatable bonds is 5. The van der Waals surface area contributed by atoms with Crippen LogP contribution in [0.15, 0.2) is 18.2 Å². The van der Waals surface area contributed by atoms with Gasteiger partial charge >= 0.3 is 6.03 Å². The summed E-state index contributed by atoms with van der Waals surface area (Å²) < 4.78 is 25.8. The standard InChI is InChI=1S/C13H18F2N2O2/c1-3-8(2)12(18)7-16-13(19)17-11-5-9(14)4-10(15)6-11/h4-6,8,12,18H,3,7H2,1-2H3,(H2,16,17,19). The van der Waals surface area contributed by atoms with Gasteiger partial charge in [0.05, 0.1) is 6.10 Å². The molecule has 1 rings (SSSR count). The fourth-order valence-electron chi connectivity index (χ4n) is 1.47. The second-order valence-corrected chi connectivity index (χ2v) is 4.45. The van der Waals surface area contributed by atoms with Crippen molar-refractivity contribution < 1.29 is 18.7 Å². The zero-order chi connectivity index (χ0) is 14.4. The number of hydrogen-bond acceptors (Lipinski definition) is 2. The van der Waals surface area contributed by atoms with Crippen LogP contribution >= 0.6 is 0 Å². The van der Waals surface area contributed by atoms with Crippen molar-refractivity contribution in [3.05, 3.63) is 29.8 Å². The van der Waals surface area contributed by atoms with E-state index >= 15 is 0 Å². The first kappa shape index (κ1) is 15.4. The van der Waals surface area contributed by atoms with Gasteiger partial charge < -0.3 is 15.7 Å². The maximum absolute atomic E-state index is 12.9. The summed E-state index contributed by atoms with van der Waals surface area (Å²) in [6.07, 6.45) is 0.138. The van der Waals surface area contributed by atoms with Gasteiger partial charge in [-0.3, -0.25) is 0 Å². The zero-order valence-corrected chi connectivity index (χ0v) is 10.9. The van der Waals surface area contributed by atoms with E-state index in [0.717, 1.165) is 24.6 Å². The fourth-order valence-corrected chi connectivity index (χ4v) is 1.47. The van der Waals surface area contributed by atoms with Gasteiger partial charge in [0.2, 0.25) is 0 Å². The average Bonchev–Trinajstić information content (AvgIpc) is 2.33. The summed E-state index contributed by atoms with van der Waals surface area (Å²) in [5.41, 5.74) is 0.0213. The topological polar surface area (TPSA) is 61.4 Å². The van der Waals surface area contributed by atoms with E-state index in [1.165, 1.54) is 0 Å². The summed E-state index contributed by atoms with van der Waals surface area (Å²) in [6.45, 7) is 3.88. The van der Waals surface area contributed by atoms with Crippen LogP contribution in [0.2, 0.25) is 0 Å². The van der Waals surface area contributed by atoms with Crippen molar-refractivity contribution in [2.24, 2.45) is 5.92 Å². The normalized spacial score (nSPS) is 13.7. The summed E-state index contributed by atoms with van der Waals surface area (Å²) in [5, 5.41) is 14.4. The Hall–Kier alpha value is -1.69. The molecule has 19 heavy (non-hydrogen) atoms. The summed E-state index contributed by atoms with van der Waals surface area (Å²) in [7, 11) is 0. The van der Waals surface area contributed by atoms with Gasteiger partial charge in [0.25, 0.3) is 0 Å². The lowest BCUT2D eigenvalue weighted by atomic mass is 10.0. The molecule has 0 fully saturated rings. The molecular weight excluding hydrogens is 254 g/mol. The maximum Gasteiger partial charge on any atom is 0.319 e. The number of carbonyl (C=O) groups excluding carboxylic acids is 1. The van der Waals surface area contributed by atoms with Gasteiger partial charge in [0.1, 0.15) is 11.6 Å². The van der Waals surface area contributed by atoms with Crippen molar-refractivity contribution in [2.75, 3.05) is 11.9 Å². The Morgan fingerprint density at radius 3 is 2.42 bits per heavy atom. The highest BCUT2D eigenvalue weighted by molar-refractivity contribution is 5.89. The predicted octanol–water partition coefficient (Wildman–Crippen LogP) is 2.49. The molecule has 106 valence electrons. The van der Waals surface area contributed by atoms with Crippen molar-refractivity contribution in [1.82, 2.24) is 5.32 Å². The highest BCUT2D eigenvalue weighted by Gasteiger charge is 2.13. The quantitative estimate of drug-likeness (QED) is 0.771. The zero-order valence-electron chi connectivity index (χ0n) is 10.9. The van der Waals surface area contributed by atoms with E-state index in [0.29, 0.717) is 0 Å². The third kappa shape index (κ3) is 5.21. The number of hydrogen-bond donors (Lipinski definition) is 3. The van der Waals surface area contributed by atoms with E-state index in [9.17, 15) is 18.7 Å². The van der Waals surface area contributed by atoms with E-state index < -0.39 is 23.8 Å². The van der Waals surface area contributed by atoms with Crippen LogP contribution in [0.3, 0.4) is 0 Å². The number of amides is 2. The lowest BCUT2D eigenvalue weighted by Crippen LogP contribution is -2.37. The van der Waals surface area contributed by atoms with Gasteiger partial charge in [-0.1, -0.05) is 20.3 Å². The molecule has 0 saturated heterocycles. The van der Waals surface area contributed by atoms with Crippen molar-refractivity contribution in [2.45, 2.75) is 26.4 Å². The summed E-state index contributed by atoms with van der Waals surface area (Å²) in [6, 6.07) is 2.12. The maximum atomic E-state index is 12.9. The van der Waals surface area contributed by atoms with Crippen LogP contribution in [-0.4, -0.2) is 23.8 Å². The smallest absolute Gasteiger partial charge is 0.319 e. The van der Waals surface area contributed by atoms with Crippen molar-refractivity contribution in [1.29, 1.82) is 0 Å². The van der Waals surface area contributed by atoms with Crippen molar-refractivity contribution in [3.8, 4) is 0 Å². The van der Waals surface area contributed by atoms with Crippen LogP contribution in [0.5, 0.6) is 0 Å². The number of nitrogens with one attached hydrogen (secondary N) is 2. The molecule has 0 bridgehead atoms. The molecular formula is C13H18F2N2O2. The minimum absolute atomic E-state index is 0.0213. The number of halogens is 2. The molecule has 0 aliphatic carbocycles. The molecule has 1 aromatic rings. The molecule has 2 amide bonds. The monoisotopic (exact) mass is 272 g/mol. The molecule has 4 nitrogen and oxygen atoms in total. The summed E-state index contributed by atoms with van der Waals surface area (Å²) >= 11 is 0. The largest absolute Gasteiger partial charge is 0.391 e. The summed E-state index contributed by atoms with van der Waals surface area (Å²) in [5.74, 6) is -1.48. The highest BCUT2D eigenvalue weighted by atomic mass is 19.1. The number of carbonyl (C=O) groups is 1. The molecule has 6 heteroatoms. The number of anilines is 1. The lowest BCUT2D eigenvalue weighted by Gasteiger charge is -2.17. The van der Waals surface area contributed by atoms with Crippen LogP contribution in [0.4, 0.5) is 19.3 Å². The SMILES string of the molecule is CCC(C)C(O)CNC(=O)Nc1cc(F)cc(F)c1. The molecule has 2 unspecified atom stereocenters. The molecule has 0 radical (unpaired) electrons. The Balaban J connectivity index is 2.47. The molecule has 3 N–H and O–H groups in total. The van der Waals surface area contributed by atoms with Crippen LogP contribution in [0.25, 0.3) is 0 Å². The first-order valence-corrected chi connectivity index (χ1v) is 6.11. The summed E-state index contributed by atoms with van der Waals surface area (Å²) in [4.78, 5) is 11.5. The highest BCUT2D eigenvalue weighted by Crippen LogP contribution is 2.12. The Labute approximate surface area is 110 Å². The van der Waals surface area contributed by atoms with Crippen LogP contribution in [0.1, 0.15) is 20.3 Å². The second-order valence-electron chi connectivity index (χ2n) is 4.45. The third-order valence-electron chi connectivity index (χ3n) is 2.89. The van der Waals surface area contributed by atoms with Gasteiger partial charge in [-0.05, 0) is 18.1 Å². The number of aliphatic hydroxyl groups excluding tert-OH is 1. The molecule has 0 aromatic heterocycles. The van der Waals surface area contributed by atoms with E-state index in [-0.39, 0.29) is 18.2 Å². The molecule has 0 saturated carbocycles. The minimum atomic E-state index is -0.769. The van der Waals surface area contributed by atoms with E-state index in [2.05, 4.69) is 10.6 Å². The van der Waals surface area contributed by atoms with Crippen LogP contribution in [-0.2, 0) is 0 Å². The number of benzene rings is 1. The van der Waals surface area contributed by atoms with Gasteiger partial charge in [0.15, 0.2) is 0 Å². The fraction of sp³-hybridized carbons (Fsp3) is 0.462. The first-order valence-electron chi connectivity index (χ1n) is 6.11. The van der Waals surface area contributed by atoms with Gasteiger partial charge in [0, 0.05) is 18.3 Å². The van der Waals surface area contributed by atoms with Gasteiger partial charge in [-0.15, -0.1) is 0 Å². The van der Waals surface area contributed by atoms with E-state index in [1.54, 1.807) is 0 Å². The number of aliphatic hydroxyl groups is 1. The third-order valence-corrected chi connectivity index (χ3v) is 2.89. The van der Waals surface area contributed by atoms with E-state index in [4.69, 9.17) is 0 Å². The molecule has 0 heterocycles. The van der Waals surface area contributed by atoms with E-state index in [1.807, 2.05) is 13.8 Å². The second kappa shape index (κ2) is 7.04.